The van der Waals surface area contributed by atoms with Crippen molar-refractivity contribution in [2.24, 2.45) is 0 Å². The predicted molar refractivity (Wildman–Crippen MR) is 87.9 cm³/mol. The number of hydrogen-bond donors (Lipinski definition) is 0. The lowest BCUT2D eigenvalue weighted by atomic mass is 10.2. The minimum absolute atomic E-state index is 0.604. The van der Waals surface area contributed by atoms with Gasteiger partial charge in [-0.3, -0.25) is 0 Å². The molecule has 0 spiro atoms. The fourth-order valence-electron chi connectivity index (χ4n) is 2.92. The zero-order valence-corrected chi connectivity index (χ0v) is 12.9. The van der Waals surface area contributed by atoms with Crippen LogP contribution in [0, 0.1) is 13.8 Å². The van der Waals surface area contributed by atoms with Crippen molar-refractivity contribution in [3.8, 4) is 5.75 Å². The van der Waals surface area contributed by atoms with Crippen LogP contribution in [0.4, 0.5) is 0 Å². The molecular weight excluding hydrogens is 258 g/mol. The van der Waals surface area contributed by atoms with Crippen LogP contribution in [0.1, 0.15) is 23.7 Å². The first-order chi connectivity index (χ1) is 10.2. The van der Waals surface area contributed by atoms with Gasteiger partial charge in [-0.1, -0.05) is 36.4 Å². The first-order valence-corrected chi connectivity index (χ1v) is 7.47. The van der Waals surface area contributed by atoms with E-state index in [1.165, 1.54) is 27.7 Å². The molecule has 0 aliphatic carbocycles. The van der Waals surface area contributed by atoms with Gasteiger partial charge in [0.05, 0.1) is 11.2 Å². The van der Waals surface area contributed by atoms with Crippen LogP contribution >= 0.6 is 0 Å². The van der Waals surface area contributed by atoms with E-state index in [1.807, 2.05) is 18.2 Å². The number of hydrogen-bond acceptors (Lipinski definition) is 1. The summed E-state index contributed by atoms with van der Waals surface area (Å²) in [6.45, 7) is 7.99. The van der Waals surface area contributed by atoms with Crippen LogP contribution in [0.5, 0.6) is 5.75 Å². The second-order valence-electron chi connectivity index (χ2n) is 5.45. The molecule has 108 valence electrons. The van der Waals surface area contributed by atoms with Gasteiger partial charge >= 0.3 is 0 Å². The van der Waals surface area contributed by atoms with Gasteiger partial charge in [-0.2, -0.15) is 0 Å². The van der Waals surface area contributed by atoms with Gasteiger partial charge in [0.2, 0.25) is 0 Å². The fourth-order valence-corrected chi connectivity index (χ4v) is 2.92. The van der Waals surface area contributed by atoms with E-state index < -0.39 is 0 Å². The van der Waals surface area contributed by atoms with E-state index in [1.54, 1.807) is 0 Å². The summed E-state index contributed by atoms with van der Waals surface area (Å²) in [5.41, 5.74) is 5.04. The van der Waals surface area contributed by atoms with Crippen molar-refractivity contribution < 1.29 is 4.74 Å². The number of rotatable bonds is 4. The number of fused-ring (bicyclic) bond motifs is 1. The monoisotopic (exact) mass is 279 g/mol. The smallest absolute Gasteiger partial charge is 0.128 e. The maximum absolute atomic E-state index is 6.01. The molecule has 0 aliphatic rings. The summed E-state index contributed by atoms with van der Waals surface area (Å²) in [7, 11) is 0. The van der Waals surface area contributed by atoms with Gasteiger partial charge in [0.1, 0.15) is 12.4 Å². The standard InChI is InChI=1S/C19H21NO/c1-4-20-17(12-16-10-7-9-15(3)19(16)20)13-21-18-11-6-5-8-14(18)2/h5-12H,4,13H2,1-3H3. The van der Waals surface area contributed by atoms with Crippen LogP contribution in [0.15, 0.2) is 48.5 Å². The number of benzene rings is 2. The average Bonchev–Trinajstić information content (AvgIpc) is 2.85. The molecule has 3 rings (SSSR count). The summed E-state index contributed by atoms with van der Waals surface area (Å²) >= 11 is 0. The molecular formula is C19H21NO. The Labute approximate surface area is 126 Å². The molecule has 2 nitrogen and oxygen atoms in total. The number of aromatic nitrogens is 1. The number of para-hydroxylation sites is 2. The van der Waals surface area contributed by atoms with Crippen molar-refractivity contribution in [3.63, 3.8) is 0 Å². The molecule has 0 amide bonds. The molecule has 0 fully saturated rings. The van der Waals surface area contributed by atoms with Crippen molar-refractivity contribution in [1.82, 2.24) is 4.57 Å². The SMILES string of the molecule is CCn1c(COc2ccccc2C)cc2cccc(C)c21. The molecule has 3 aromatic rings. The molecule has 2 heteroatoms. The molecule has 0 saturated carbocycles. The summed E-state index contributed by atoms with van der Waals surface area (Å²) < 4.78 is 8.36. The van der Waals surface area contributed by atoms with Crippen LogP contribution in [-0.2, 0) is 13.2 Å². The summed E-state index contributed by atoms with van der Waals surface area (Å²) in [6, 6.07) is 16.9. The Balaban J connectivity index is 1.94. The third kappa shape index (κ3) is 2.54. The van der Waals surface area contributed by atoms with E-state index in [9.17, 15) is 0 Å². The minimum atomic E-state index is 0.604. The molecule has 0 saturated heterocycles. The minimum Gasteiger partial charge on any atom is -0.487 e. The Hall–Kier alpha value is -2.22. The van der Waals surface area contributed by atoms with Gasteiger partial charge < -0.3 is 9.30 Å². The maximum atomic E-state index is 6.01. The average molecular weight is 279 g/mol. The Morgan fingerprint density at radius 2 is 1.71 bits per heavy atom. The summed E-state index contributed by atoms with van der Waals surface area (Å²) in [4.78, 5) is 0. The quantitative estimate of drug-likeness (QED) is 0.665. The molecule has 0 aliphatic heterocycles. The van der Waals surface area contributed by atoms with E-state index in [-0.39, 0.29) is 0 Å². The summed E-state index contributed by atoms with van der Waals surface area (Å²) in [6.07, 6.45) is 0. The highest BCUT2D eigenvalue weighted by atomic mass is 16.5. The van der Waals surface area contributed by atoms with E-state index in [0.29, 0.717) is 6.61 Å². The Kier molecular flexibility index (Phi) is 3.70. The van der Waals surface area contributed by atoms with E-state index in [0.717, 1.165) is 12.3 Å². The number of ether oxygens (including phenoxy) is 1. The number of nitrogens with zero attached hydrogens (tertiary/aromatic N) is 1. The molecule has 2 aromatic carbocycles. The lowest BCUT2D eigenvalue weighted by Crippen LogP contribution is -2.05. The molecule has 0 unspecified atom stereocenters. The summed E-state index contributed by atoms with van der Waals surface area (Å²) in [5.74, 6) is 0.960. The van der Waals surface area contributed by atoms with Gasteiger partial charge in [0.25, 0.3) is 0 Å². The topological polar surface area (TPSA) is 14.2 Å². The molecule has 0 atom stereocenters. The van der Waals surface area contributed by atoms with E-state index >= 15 is 0 Å². The van der Waals surface area contributed by atoms with Crippen molar-refractivity contribution in [2.75, 3.05) is 0 Å². The number of aryl methyl sites for hydroxylation is 3. The summed E-state index contributed by atoms with van der Waals surface area (Å²) in [5, 5.41) is 1.29. The zero-order valence-electron chi connectivity index (χ0n) is 12.9. The second kappa shape index (κ2) is 5.65. The lowest BCUT2D eigenvalue weighted by molar-refractivity contribution is 0.294. The van der Waals surface area contributed by atoms with Gasteiger partial charge in [-0.05, 0) is 44.0 Å². The molecule has 1 aromatic heterocycles. The van der Waals surface area contributed by atoms with Crippen LogP contribution in [0.3, 0.4) is 0 Å². The van der Waals surface area contributed by atoms with Crippen molar-refractivity contribution in [3.05, 3.63) is 65.4 Å². The van der Waals surface area contributed by atoms with Crippen LogP contribution < -0.4 is 4.74 Å². The normalized spacial score (nSPS) is 11.0. The van der Waals surface area contributed by atoms with E-state index in [2.05, 4.69) is 55.7 Å². The van der Waals surface area contributed by atoms with Gasteiger partial charge in [0.15, 0.2) is 0 Å². The third-order valence-corrected chi connectivity index (χ3v) is 3.99. The zero-order chi connectivity index (χ0) is 14.8. The Bertz CT molecular complexity index is 770. The molecule has 21 heavy (non-hydrogen) atoms. The van der Waals surface area contributed by atoms with Crippen molar-refractivity contribution >= 4 is 10.9 Å². The van der Waals surface area contributed by atoms with Crippen LogP contribution in [0.2, 0.25) is 0 Å². The highest BCUT2D eigenvalue weighted by molar-refractivity contribution is 5.84. The second-order valence-corrected chi connectivity index (χ2v) is 5.45. The molecule has 0 N–H and O–H groups in total. The van der Waals surface area contributed by atoms with Crippen LogP contribution in [0.25, 0.3) is 10.9 Å². The first kappa shape index (κ1) is 13.7. The molecule has 0 radical (unpaired) electrons. The predicted octanol–water partition coefficient (Wildman–Crippen LogP) is 4.86. The maximum Gasteiger partial charge on any atom is 0.128 e. The van der Waals surface area contributed by atoms with Gasteiger partial charge in [-0.15, -0.1) is 0 Å². The third-order valence-electron chi connectivity index (χ3n) is 3.99. The molecule has 0 bridgehead atoms. The fraction of sp³-hybridized carbons (Fsp3) is 0.263. The first-order valence-electron chi connectivity index (χ1n) is 7.47. The molecule has 1 heterocycles. The van der Waals surface area contributed by atoms with E-state index in [4.69, 9.17) is 4.74 Å². The highest BCUT2D eigenvalue weighted by Gasteiger charge is 2.10. The van der Waals surface area contributed by atoms with Crippen molar-refractivity contribution in [1.29, 1.82) is 0 Å². The van der Waals surface area contributed by atoms with Gasteiger partial charge in [-0.25, -0.2) is 0 Å². The highest BCUT2D eigenvalue weighted by Crippen LogP contribution is 2.25. The largest absolute Gasteiger partial charge is 0.487 e. The Morgan fingerprint density at radius 1 is 0.952 bits per heavy atom. The van der Waals surface area contributed by atoms with Crippen molar-refractivity contribution in [2.45, 2.75) is 33.9 Å². The Morgan fingerprint density at radius 3 is 2.48 bits per heavy atom. The van der Waals surface area contributed by atoms with Crippen LogP contribution in [-0.4, -0.2) is 4.57 Å². The van der Waals surface area contributed by atoms with Gasteiger partial charge in [0, 0.05) is 11.9 Å². The lowest BCUT2D eigenvalue weighted by Gasteiger charge is -2.12.